The van der Waals surface area contributed by atoms with Crippen molar-refractivity contribution in [2.45, 2.75) is 26.0 Å². The van der Waals surface area contributed by atoms with Gasteiger partial charge in [-0.05, 0) is 32.0 Å². The number of pyridine rings is 2. The van der Waals surface area contributed by atoms with Gasteiger partial charge in [0.15, 0.2) is 11.6 Å². The Bertz CT molecular complexity index is 1330. The number of anilines is 2. The summed E-state index contributed by atoms with van der Waals surface area (Å²) in [5.41, 5.74) is 7.64. The van der Waals surface area contributed by atoms with Crippen molar-refractivity contribution in [1.82, 2.24) is 14.9 Å². The minimum absolute atomic E-state index is 0.0611. The Kier molecular flexibility index (Phi) is 7.79. The lowest BCUT2D eigenvalue weighted by Gasteiger charge is -2.39. The zero-order chi connectivity index (χ0) is 26.9. The van der Waals surface area contributed by atoms with Gasteiger partial charge in [-0.25, -0.2) is 19.2 Å². The van der Waals surface area contributed by atoms with Gasteiger partial charge in [-0.2, -0.15) is 0 Å². The van der Waals surface area contributed by atoms with Gasteiger partial charge in [0.1, 0.15) is 23.5 Å². The fourth-order valence-electron chi connectivity index (χ4n) is 4.30. The van der Waals surface area contributed by atoms with Crippen LogP contribution in [0.25, 0.3) is 11.1 Å². The molecule has 1 amide bonds. The third-order valence-corrected chi connectivity index (χ3v) is 6.96. The fraction of sp³-hybridized carbons (Fsp3) is 0.320. The lowest BCUT2D eigenvalue weighted by molar-refractivity contribution is 0.136. The van der Waals surface area contributed by atoms with E-state index in [1.165, 1.54) is 17.0 Å². The highest BCUT2D eigenvalue weighted by Gasteiger charge is 2.28. The molecular formula is C25H26Cl2FN5O4. The van der Waals surface area contributed by atoms with Crippen LogP contribution in [0, 0.1) is 5.82 Å². The van der Waals surface area contributed by atoms with E-state index in [4.69, 9.17) is 38.4 Å². The normalized spacial score (nSPS) is 16.4. The van der Waals surface area contributed by atoms with Crippen LogP contribution < -0.4 is 20.1 Å². The predicted molar refractivity (Wildman–Crippen MR) is 140 cm³/mol. The van der Waals surface area contributed by atoms with Crippen LogP contribution in [0.5, 0.6) is 11.5 Å². The lowest BCUT2D eigenvalue weighted by atomic mass is 10.1. The highest BCUT2D eigenvalue weighted by molar-refractivity contribution is 6.36. The average molecular weight is 550 g/mol. The molecule has 3 N–H and O–H groups in total. The first-order valence-electron chi connectivity index (χ1n) is 11.4. The molecule has 1 aliphatic rings. The molecule has 1 fully saturated rings. The SMILES string of the molecule is COc1cc(N2CCN(C(=O)O)CC2C)ncc1-c1cnc(N)c(O[C@H](C)c2c(Cl)ccc(F)c2Cl)c1. The van der Waals surface area contributed by atoms with Gasteiger partial charge >= 0.3 is 6.09 Å². The number of amides is 1. The van der Waals surface area contributed by atoms with E-state index < -0.39 is 18.0 Å². The van der Waals surface area contributed by atoms with Gasteiger partial charge in [0, 0.05) is 65.8 Å². The maximum Gasteiger partial charge on any atom is 0.407 e. The molecule has 196 valence electrons. The molecule has 1 unspecified atom stereocenters. The number of rotatable bonds is 6. The number of ether oxygens (including phenoxy) is 2. The second kappa shape index (κ2) is 10.9. The van der Waals surface area contributed by atoms with Gasteiger partial charge < -0.3 is 30.1 Å². The highest BCUT2D eigenvalue weighted by Crippen LogP contribution is 2.39. The maximum atomic E-state index is 14.0. The topological polar surface area (TPSA) is 114 Å². The van der Waals surface area contributed by atoms with Gasteiger partial charge in [-0.3, -0.25) is 0 Å². The molecule has 0 aliphatic carbocycles. The van der Waals surface area contributed by atoms with Crippen LogP contribution in [-0.4, -0.2) is 58.9 Å². The Morgan fingerprint density at radius 2 is 1.97 bits per heavy atom. The number of carbonyl (C=O) groups is 1. The van der Waals surface area contributed by atoms with Crippen molar-refractivity contribution in [3.63, 3.8) is 0 Å². The Morgan fingerprint density at radius 1 is 1.22 bits per heavy atom. The van der Waals surface area contributed by atoms with Crippen molar-refractivity contribution in [2.75, 3.05) is 37.4 Å². The van der Waals surface area contributed by atoms with Gasteiger partial charge in [0.2, 0.25) is 0 Å². The molecule has 0 spiro atoms. The molecule has 3 heterocycles. The first-order valence-corrected chi connectivity index (χ1v) is 12.2. The summed E-state index contributed by atoms with van der Waals surface area (Å²) in [6.07, 6.45) is 1.58. The summed E-state index contributed by atoms with van der Waals surface area (Å²) in [6.45, 7) is 4.89. The van der Waals surface area contributed by atoms with Crippen molar-refractivity contribution in [3.8, 4) is 22.6 Å². The highest BCUT2D eigenvalue weighted by atomic mass is 35.5. The molecule has 0 saturated carbocycles. The number of halogens is 3. The van der Waals surface area contributed by atoms with E-state index in [-0.39, 0.29) is 27.7 Å². The largest absolute Gasteiger partial charge is 0.496 e. The first kappa shape index (κ1) is 26.6. The molecule has 9 nitrogen and oxygen atoms in total. The van der Waals surface area contributed by atoms with Crippen molar-refractivity contribution >= 4 is 40.9 Å². The summed E-state index contributed by atoms with van der Waals surface area (Å²) in [6, 6.07) is 6.03. The quantitative estimate of drug-likeness (QED) is 0.387. The molecule has 3 aromatic rings. The van der Waals surface area contributed by atoms with Crippen LogP contribution in [0.4, 0.5) is 20.8 Å². The van der Waals surface area contributed by atoms with E-state index >= 15 is 0 Å². The number of methoxy groups -OCH3 is 1. The van der Waals surface area contributed by atoms with E-state index in [0.29, 0.717) is 47.9 Å². The van der Waals surface area contributed by atoms with Crippen molar-refractivity contribution in [3.05, 3.63) is 58.1 Å². The minimum atomic E-state index is -0.933. The molecule has 1 aliphatic heterocycles. The summed E-state index contributed by atoms with van der Waals surface area (Å²) >= 11 is 12.4. The number of piperazine rings is 1. The number of benzene rings is 1. The van der Waals surface area contributed by atoms with Crippen LogP contribution in [-0.2, 0) is 0 Å². The Morgan fingerprint density at radius 3 is 2.65 bits per heavy atom. The van der Waals surface area contributed by atoms with E-state index in [9.17, 15) is 14.3 Å². The summed E-state index contributed by atoms with van der Waals surface area (Å²) in [7, 11) is 1.55. The van der Waals surface area contributed by atoms with E-state index in [0.717, 1.165) is 0 Å². The second-order valence-corrected chi connectivity index (χ2v) is 9.42. The van der Waals surface area contributed by atoms with Gasteiger partial charge in [0.25, 0.3) is 0 Å². The molecule has 0 radical (unpaired) electrons. The predicted octanol–water partition coefficient (Wildman–Crippen LogP) is 5.51. The Balaban J connectivity index is 1.61. The van der Waals surface area contributed by atoms with Crippen LogP contribution in [0.3, 0.4) is 0 Å². The number of nitrogens with two attached hydrogens (primary N) is 1. The molecule has 1 aromatic carbocycles. The van der Waals surface area contributed by atoms with Gasteiger partial charge in [-0.15, -0.1) is 0 Å². The van der Waals surface area contributed by atoms with E-state index in [2.05, 4.69) is 9.97 Å². The molecule has 12 heteroatoms. The van der Waals surface area contributed by atoms with E-state index in [1.54, 1.807) is 38.6 Å². The molecule has 2 aromatic heterocycles. The number of nitrogen functional groups attached to an aromatic ring is 1. The number of hydrogen-bond acceptors (Lipinski definition) is 7. The average Bonchev–Trinajstić information content (AvgIpc) is 2.87. The summed E-state index contributed by atoms with van der Waals surface area (Å²) in [4.78, 5) is 23.6. The smallest absolute Gasteiger partial charge is 0.407 e. The summed E-state index contributed by atoms with van der Waals surface area (Å²) in [5.74, 6) is 0.992. The third-order valence-electron chi connectivity index (χ3n) is 6.25. The zero-order valence-corrected chi connectivity index (χ0v) is 21.9. The number of hydrogen-bond donors (Lipinski definition) is 2. The van der Waals surface area contributed by atoms with Crippen molar-refractivity contribution < 1.29 is 23.8 Å². The van der Waals surface area contributed by atoms with Crippen molar-refractivity contribution in [2.24, 2.45) is 0 Å². The maximum absolute atomic E-state index is 14.0. The van der Waals surface area contributed by atoms with Crippen LogP contribution in [0.1, 0.15) is 25.5 Å². The van der Waals surface area contributed by atoms with Gasteiger partial charge in [-0.1, -0.05) is 23.2 Å². The van der Waals surface area contributed by atoms with Crippen LogP contribution in [0.2, 0.25) is 10.0 Å². The molecule has 2 atom stereocenters. The Hall–Kier alpha value is -3.50. The standard InChI is InChI=1S/C25H26Cl2FN5O4/c1-13-12-32(25(34)35)6-7-33(13)21-9-19(36-3)16(11-30-21)15-8-20(24(29)31-10-15)37-14(2)22-17(26)4-5-18(28)23(22)27/h4-5,8-11,13-14H,6-7,12H2,1-3H3,(H2,29,31)(H,34,35)/t13?,14-/m1/s1. The first-order chi connectivity index (χ1) is 17.6. The monoisotopic (exact) mass is 549 g/mol. The molecule has 1 saturated heterocycles. The molecule has 0 bridgehead atoms. The summed E-state index contributed by atoms with van der Waals surface area (Å²) in [5, 5.41) is 9.42. The lowest BCUT2D eigenvalue weighted by Crippen LogP contribution is -2.53. The summed E-state index contributed by atoms with van der Waals surface area (Å²) < 4.78 is 25.7. The number of nitrogens with zero attached hydrogens (tertiary/aromatic N) is 4. The fourth-order valence-corrected chi connectivity index (χ4v) is 4.98. The number of aromatic nitrogens is 2. The molecular weight excluding hydrogens is 524 g/mol. The zero-order valence-electron chi connectivity index (χ0n) is 20.4. The molecule has 37 heavy (non-hydrogen) atoms. The minimum Gasteiger partial charge on any atom is -0.496 e. The molecule has 4 rings (SSSR count). The van der Waals surface area contributed by atoms with E-state index in [1.807, 2.05) is 11.8 Å². The van der Waals surface area contributed by atoms with Crippen LogP contribution in [0.15, 0.2) is 36.7 Å². The van der Waals surface area contributed by atoms with Crippen molar-refractivity contribution in [1.29, 1.82) is 0 Å². The third kappa shape index (κ3) is 5.45. The second-order valence-electron chi connectivity index (χ2n) is 8.64. The van der Waals surface area contributed by atoms with Crippen LogP contribution >= 0.6 is 23.2 Å². The number of carboxylic acid groups (broad SMARTS) is 1. The van der Waals surface area contributed by atoms with Gasteiger partial charge in [0.05, 0.1) is 12.1 Å². The Labute approximate surface area is 223 Å².